The molecule has 0 aliphatic carbocycles. The topological polar surface area (TPSA) is 109 Å². The summed E-state index contributed by atoms with van der Waals surface area (Å²) < 4.78 is 30.7. The Bertz CT molecular complexity index is 738. The maximum atomic E-state index is 11.7. The van der Waals surface area contributed by atoms with Crippen LogP contribution in [0.1, 0.15) is 16.1 Å². The predicted molar refractivity (Wildman–Crippen MR) is 75.7 cm³/mol. The molecule has 2 aromatic rings. The quantitative estimate of drug-likeness (QED) is 0.746. The molecule has 21 heavy (non-hydrogen) atoms. The fourth-order valence-electron chi connectivity index (χ4n) is 1.73. The Labute approximate surface area is 121 Å². The van der Waals surface area contributed by atoms with Crippen LogP contribution in [0, 0.1) is 0 Å². The van der Waals surface area contributed by atoms with Gasteiger partial charge in [0.1, 0.15) is 5.76 Å². The van der Waals surface area contributed by atoms with E-state index in [-0.39, 0.29) is 10.5 Å². The molecule has 0 atom stereocenters. The molecule has 0 aliphatic heterocycles. The molecule has 0 spiro atoms. The fourth-order valence-corrected chi connectivity index (χ4v) is 2.49. The third-order valence-corrected chi connectivity index (χ3v) is 4.25. The van der Waals surface area contributed by atoms with Gasteiger partial charge in [-0.25, -0.2) is 17.9 Å². The van der Waals surface area contributed by atoms with Crippen LogP contribution in [0.3, 0.4) is 0 Å². The molecule has 0 fully saturated rings. The standard InChI is InChI=1S/C13H14N2O5S/c1-14-21(18,19)10-4-5-12(11(7-10)13(16)17)15-8-9-3-2-6-20-9/h2-7,14-15H,8H2,1H3,(H,16,17). The lowest BCUT2D eigenvalue weighted by Crippen LogP contribution is -2.19. The molecule has 0 amide bonds. The maximum absolute atomic E-state index is 11.7. The molecule has 0 aliphatic rings. The number of carboxylic acid groups (broad SMARTS) is 1. The highest BCUT2D eigenvalue weighted by Gasteiger charge is 2.17. The molecule has 8 heteroatoms. The summed E-state index contributed by atoms with van der Waals surface area (Å²) in [6.45, 7) is 0.297. The molecule has 7 nitrogen and oxygen atoms in total. The number of rotatable bonds is 6. The van der Waals surface area contributed by atoms with E-state index in [2.05, 4.69) is 10.0 Å². The van der Waals surface area contributed by atoms with Gasteiger partial charge in [0.25, 0.3) is 0 Å². The number of nitrogens with one attached hydrogen (secondary N) is 2. The van der Waals surface area contributed by atoms with Crippen molar-refractivity contribution < 1.29 is 22.7 Å². The van der Waals surface area contributed by atoms with E-state index < -0.39 is 16.0 Å². The lowest BCUT2D eigenvalue weighted by Gasteiger charge is -2.10. The second kappa shape index (κ2) is 5.98. The Hall–Kier alpha value is -2.32. The zero-order valence-electron chi connectivity index (χ0n) is 11.2. The van der Waals surface area contributed by atoms with Crippen molar-refractivity contribution in [2.24, 2.45) is 0 Å². The average Bonchev–Trinajstić information content (AvgIpc) is 2.98. The lowest BCUT2D eigenvalue weighted by molar-refractivity contribution is 0.0697. The van der Waals surface area contributed by atoms with Crippen LogP contribution in [-0.2, 0) is 16.6 Å². The summed E-state index contributed by atoms with van der Waals surface area (Å²) in [4.78, 5) is 11.2. The first-order valence-electron chi connectivity index (χ1n) is 6.01. The number of aromatic carboxylic acids is 1. The van der Waals surface area contributed by atoms with Crippen molar-refractivity contribution >= 4 is 21.7 Å². The van der Waals surface area contributed by atoms with Crippen LogP contribution in [0.2, 0.25) is 0 Å². The van der Waals surface area contributed by atoms with Gasteiger partial charge >= 0.3 is 5.97 Å². The molecule has 0 unspecified atom stereocenters. The molecule has 0 radical (unpaired) electrons. The average molecular weight is 310 g/mol. The van der Waals surface area contributed by atoms with Crippen molar-refractivity contribution in [3.8, 4) is 0 Å². The van der Waals surface area contributed by atoms with Crippen molar-refractivity contribution in [2.75, 3.05) is 12.4 Å². The first kappa shape index (κ1) is 15.1. The largest absolute Gasteiger partial charge is 0.478 e. The number of sulfonamides is 1. The minimum Gasteiger partial charge on any atom is -0.478 e. The highest BCUT2D eigenvalue weighted by atomic mass is 32.2. The SMILES string of the molecule is CNS(=O)(=O)c1ccc(NCc2ccco2)c(C(=O)O)c1. The first-order chi connectivity index (χ1) is 9.94. The van der Waals surface area contributed by atoms with Gasteiger partial charge in [-0.15, -0.1) is 0 Å². The molecule has 2 rings (SSSR count). The minimum absolute atomic E-state index is 0.106. The Kier molecular flexibility index (Phi) is 4.29. The molecular formula is C13H14N2O5S. The summed E-state index contributed by atoms with van der Waals surface area (Å²) in [5, 5.41) is 12.1. The van der Waals surface area contributed by atoms with Gasteiger partial charge in [0.15, 0.2) is 0 Å². The molecule has 0 saturated heterocycles. The number of hydrogen-bond donors (Lipinski definition) is 3. The molecular weight excluding hydrogens is 296 g/mol. The summed E-state index contributed by atoms with van der Waals surface area (Å²) in [5.41, 5.74) is 0.187. The Morgan fingerprint density at radius 2 is 2.10 bits per heavy atom. The van der Waals surface area contributed by atoms with Crippen molar-refractivity contribution in [3.63, 3.8) is 0 Å². The van der Waals surface area contributed by atoms with E-state index >= 15 is 0 Å². The Balaban J connectivity index is 2.31. The summed E-state index contributed by atoms with van der Waals surface area (Å²) >= 11 is 0. The minimum atomic E-state index is -3.69. The first-order valence-corrected chi connectivity index (χ1v) is 7.49. The zero-order chi connectivity index (χ0) is 15.5. The summed E-state index contributed by atoms with van der Waals surface area (Å²) in [6.07, 6.45) is 1.51. The number of hydrogen-bond acceptors (Lipinski definition) is 5. The van der Waals surface area contributed by atoms with Crippen LogP contribution < -0.4 is 10.0 Å². The predicted octanol–water partition coefficient (Wildman–Crippen LogP) is 1.50. The van der Waals surface area contributed by atoms with Gasteiger partial charge in [-0.1, -0.05) is 0 Å². The van der Waals surface area contributed by atoms with Crippen LogP contribution in [-0.4, -0.2) is 26.5 Å². The Morgan fingerprint density at radius 1 is 1.33 bits per heavy atom. The Morgan fingerprint density at radius 3 is 2.67 bits per heavy atom. The second-order valence-electron chi connectivity index (χ2n) is 4.15. The van der Waals surface area contributed by atoms with E-state index in [4.69, 9.17) is 4.42 Å². The van der Waals surface area contributed by atoms with Crippen molar-refractivity contribution in [1.29, 1.82) is 0 Å². The number of benzene rings is 1. The van der Waals surface area contributed by atoms with Gasteiger partial charge < -0.3 is 14.8 Å². The van der Waals surface area contributed by atoms with E-state index in [1.807, 2.05) is 0 Å². The maximum Gasteiger partial charge on any atom is 0.337 e. The van der Waals surface area contributed by atoms with Gasteiger partial charge in [-0.05, 0) is 37.4 Å². The second-order valence-corrected chi connectivity index (χ2v) is 6.04. The monoisotopic (exact) mass is 310 g/mol. The zero-order valence-corrected chi connectivity index (χ0v) is 12.0. The molecule has 0 bridgehead atoms. The molecule has 1 aromatic heterocycles. The molecule has 112 valence electrons. The molecule has 3 N–H and O–H groups in total. The summed E-state index contributed by atoms with van der Waals surface area (Å²) in [7, 11) is -2.43. The van der Waals surface area contributed by atoms with Gasteiger partial charge in [0.2, 0.25) is 10.0 Å². The lowest BCUT2D eigenvalue weighted by atomic mass is 10.2. The van der Waals surface area contributed by atoms with Crippen molar-refractivity contribution in [3.05, 3.63) is 47.9 Å². The highest BCUT2D eigenvalue weighted by Crippen LogP contribution is 2.21. The third-order valence-electron chi connectivity index (χ3n) is 2.83. The van der Waals surface area contributed by atoms with E-state index in [9.17, 15) is 18.3 Å². The van der Waals surface area contributed by atoms with E-state index in [1.54, 1.807) is 12.1 Å². The summed E-state index contributed by atoms with van der Waals surface area (Å²) in [5.74, 6) is -0.580. The smallest absolute Gasteiger partial charge is 0.337 e. The van der Waals surface area contributed by atoms with Gasteiger partial charge in [0, 0.05) is 5.69 Å². The van der Waals surface area contributed by atoms with Crippen LogP contribution in [0.5, 0.6) is 0 Å². The van der Waals surface area contributed by atoms with E-state index in [1.165, 1.54) is 25.4 Å². The van der Waals surface area contributed by atoms with Crippen molar-refractivity contribution in [1.82, 2.24) is 4.72 Å². The van der Waals surface area contributed by atoms with Crippen LogP contribution in [0.15, 0.2) is 45.9 Å². The molecule has 1 heterocycles. The number of furan rings is 1. The number of anilines is 1. The highest BCUT2D eigenvalue weighted by molar-refractivity contribution is 7.89. The van der Waals surface area contributed by atoms with Crippen LogP contribution in [0.25, 0.3) is 0 Å². The van der Waals surface area contributed by atoms with Crippen LogP contribution in [0.4, 0.5) is 5.69 Å². The van der Waals surface area contributed by atoms with Gasteiger partial charge in [-0.2, -0.15) is 0 Å². The number of carbonyl (C=O) groups is 1. The summed E-state index contributed by atoms with van der Waals surface area (Å²) in [6, 6.07) is 7.32. The van der Waals surface area contributed by atoms with E-state index in [0.29, 0.717) is 18.0 Å². The van der Waals surface area contributed by atoms with Crippen molar-refractivity contribution in [2.45, 2.75) is 11.4 Å². The van der Waals surface area contributed by atoms with Gasteiger partial charge in [0.05, 0.1) is 23.3 Å². The van der Waals surface area contributed by atoms with Gasteiger partial charge in [-0.3, -0.25) is 0 Å². The van der Waals surface area contributed by atoms with Crippen LogP contribution >= 0.6 is 0 Å². The van der Waals surface area contributed by atoms with E-state index in [0.717, 1.165) is 6.07 Å². The molecule has 1 aromatic carbocycles. The molecule has 0 saturated carbocycles. The number of carboxylic acids is 1. The normalized spacial score (nSPS) is 11.3. The third kappa shape index (κ3) is 3.41. The fraction of sp³-hybridized carbons (Fsp3) is 0.154.